The van der Waals surface area contributed by atoms with Gasteiger partial charge in [0.15, 0.2) is 6.10 Å². The van der Waals surface area contributed by atoms with Crippen LogP contribution < -0.4 is 10.1 Å². The van der Waals surface area contributed by atoms with Crippen molar-refractivity contribution < 1.29 is 23.4 Å². The zero-order chi connectivity index (χ0) is 15.3. The molecule has 0 saturated carbocycles. The number of amides is 1. The molecule has 7 heteroatoms. The lowest BCUT2D eigenvalue weighted by atomic mass is 10.2. The summed E-state index contributed by atoms with van der Waals surface area (Å²) in [4.78, 5) is 11.6. The molecule has 0 radical (unpaired) electrons. The topological polar surface area (TPSA) is 58.6 Å². The van der Waals surface area contributed by atoms with Crippen molar-refractivity contribution in [3.63, 3.8) is 0 Å². The van der Waals surface area contributed by atoms with Crippen LogP contribution in [0.15, 0.2) is 18.2 Å². The van der Waals surface area contributed by atoms with Gasteiger partial charge in [0.2, 0.25) is 0 Å². The standard InChI is InChI=1S/C13H16ClF2NO3/c1-8-5-10(14)3-4-11(8)20-9(2)12(19)17-6-13(15,16)7-18/h3-5,9,18H,6-7H2,1-2H3,(H,17,19). The molecule has 20 heavy (non-hydrogen) atoms. The molecule has 0 saturated heterocycles. The van der Waals surface area contributed by atoms with Crippen LogP contribution in [0.4, 0.5) is 8.78 Å². The fourth-order valence-electron chi connectivity index (χ4n) is 1.41. The van der Waals surface area contributed by atoms with Crippen molar-refractivity contribution in [1.82, 2.24) is 5.32 Å². The number of hydrogen-bond donors (Lipinski definition) is 2. The van der Waals surface area contributed by atoms with E-state index in [2.05, 4.69) is 0 Å². The second-order valence-electron chi connectivity index (χ2n) is 4.40. The number of ether oxygens (including phenoxy) is 1. The Kier molecular flexibility index (Phi) is 5.71. The number of aryl methyl sites for hydroxylation is 1. The monoisotopic (exact) mass is 307 g/mol. The summed E-state index contributed by atoms with van der Waals surface area (Å²) >= 11 is 5.79. The molecule has 4 nitrogen and oxygen atoms in total. The zero-order valence-electron chi connectivity index (χ0n) is 11.1. The number of halogens is 3. The molecule has 1 atom stereocenters. The Balaban J connectivity index is 2.57. The highest BCUT2D eigenvalue weighted by Crippen LogP contribution is 2.22. The summed E-state index contributed by atoms with van der Waals surface area (Å²) in [6, 6.07) is 4.87. The summed E-state index contributed by atoms with van der Waals surface area (Å²) in [6.45, 7) is 0.945. The van der Waals surface area contributed by atoms with Crippen LogP contribution in [-0.4, -0.2) is 36.2 Å². The van der Waals surface area contributed by atoms with Crippen molar-refractivity contribution in [2.24, 2.45) is 0 Å². The van der Waals surface area contributed by atoms with Crippen molar-refractivity contribution in [3.8, 4) is 5.75 Å². The fourth-order valence-corrected chi connectivity index (χ4v) is 1.63. The molecule has 2 N–H and O–H groups in total. The van der Waals surface area contributed by atoms with Gasteiger partial charge in [0, 0.05) is 5.02 Å². The van der Waals surface area contributed by atoms with Crippen molar-refractivity contribution in [1.29, 1.82) is 0 Å². The van der Waals surface area contributed by atoms with Crippen LogP contribution in [0.3, 0.4) is 0 Å². The Morgan fingerprint density at radius 1 is 1.55 bits per heavy atom. The first-order valence-corrected chi connectivity index (χ1v) is 6.32. The first kappa shape index (κ1) is 16.7. The van der Waals surface area contributed by atoms with Crippen molar-refractivity contribution >= 4 is 17.5 Å². The first-order chi connectivity index (χ1) is 9.25. The van der Waals surface area contributed by atoms with E-state index in [0.29, 0.717) is 10.8 Å². The molecule has 112 valence electrons. The van der Waals surface area contributed by atoms with Crippen LogP contribution in [-0.2, 0) is 4.79 Å². The highest BCUT2D eigenvalue weighted by Gasteiger charge is 2.29. The number of hydrogen-bond acceptors (Lipinski definition) is 3. The maximum absolute atomic E-state index is 12.8. The molecular formula is C13H16ClF2NO3. The van der Waals surface area contributed by atoms with Gasteiger partial charge in [-0.25, -0.2) is 8.78 Å². The number of benzene rings is 1. The predicted molar refractivity (Wildman–Crippen MR) is 71.3 cm³/mol. The molecule has 0 aliphatic heterocycles. The zero-order valence-corrected chi connectivity index (χ0v) is 11.9. The second-order valence-corrected chi connectivity index (χ2v) is 4.84. The Bertz CT molecular complexity index is 483. The number of aliphatic hydroxyl groups excluding tert-OH is 1. The van der Waals surface area contributed by atoms with E-state index < -0.39 is 31.1 Å². The molecule has 0 aliphatic carbocycles. The quantitative estimate of drug-likeness (QED) is 0.847. The Hall–Kier alpha value is -1.40. The van der Waals surface area contributed by atoms with Crippen LogP contribution in [0, 0.1) is 6.92 Å². The van der Waals surface area contributed by atoms with Crippen LogP contribution >= 0.6 is 11.6 Å². The van der Waals surface area contributed by atoms with Crippen LogP contribution in [0.5, 0.6) is 5.75 Å². The second kappa shape index (κ2) is 6.85. The Morgan fingerprint density at radius 2 is 2.20 bits per heavy atom. The van der Waals surface area contributed by atoms with Gasteiger partial charge < -0.3 is 15.2 Å². The van der Waals surface area contributed by atoms with Gasteiger partial charge in [0.25, 0.3) is 11.8 Å². The van der Waals surface area contributed by atoms with E-state index in [1.165, 1.54) is 6.92 Å². The molecule has 1 amide bonds. The van der Waals surface area contributed by atoms with E-state index in [4.69, 9.17) is 21.4 Å². The van der Waals surface area contributed by atoms with Gasteiger partial charge in [0.05, 0.1) is 6.54 Å². The number of nitrogens with one attached hydrogen (secondary N) is 1. The first-order valence-electron chi connectivity index (χ1n) is 5.94. The average Bonchev–Trinajstić information content (AvgIpc) is 2.39. The van der Waals surface area contributed by atoms with E-state index in [0.717, 1.165) is 5.56 Å². The predicted octanol–water partition coefficient (Wildman–Crippen LogP) is 2.16. The van der Waals surface area contributed by atoms with Crippen molar-refractivity contribution in [2.45, 2.75) is 25.9 Å². The third-order valence-electron chi connectivity index (χ3n) is 2.56. The minimum Gasteiger partial charge on any atom is -0.481 e. The molecule has 0 aromatic heterocycles. The van der Waals surface area contributed by atoms with Crippen molar-refractivity contribution in [3.05, 3.63) is 28.8 Å². The molecule has 0 bridgehead atoms. The minimum absolute atomic E-state index is 0.450. The number of alkyl halides is 2. The maximum atomic E-state index is 12.8. The molecule has 1 aromatic carbocycles. The van der Waals surface area contributed by atoms with Gasteiger partial charge in [-0.3, -0.25) is 4.79 Å². The summed E-state index contributed by atoms with van der Waals surface area (Å²) < 4.78 is 31.0. The maximum Gasteiger partial charge on any atom is 0.287 e. The van der Waals surface area contributed by atoms with E-state index in [1.54, 1.807) is 25.1 Å². The summed E-state index contributed by atoms with van der Waals surface area (Å²) in [7, 11) is 0. The molecule has 1 rings (SSSR count). The molecule has 0 heterocycles. The van der Waals surface area contributed by atoms with Gasteiger partial charge in [0.1, 0.15) is 12.4 Å². The van der Waals surface area contributed by atoms with Gasteiger partial charge in [-0.15, -0.1) is 0 Å². The van der Waals surface area contributed by atoms with E-state index in [-0.39, 0.29) is 0 Å². The summed E-state index contributed by atoms with van der Waals surface area (Å²) in [6.07, 6.45) is -0.940. The normalized spacial score (nSPS) is 12.9. The SMILES string of the molecule is Cc1cc(Cl)ccc1OC(C)C(=O)NCC(F)(F)CO. The number of rotatable bonds is 6. The van der Waals surface area contributed by atoms with Crippen molar-refractivity contribution in [2.75, 3.05) is 13.2 Å². The summed E-state index contributed by atoms with van der Waals surface area (Å²) in [5.74, 6) is -3.58. The number of carbonyl (C=O) groups is 1. The lowest BCUT2D eigenvalue weighted by Crippen LogP contribution is -2.44. The van der Waals surface area contributed by atoms with E-state index in [9.17, 15) is 13.6 Å². The van der Waals surface area contributed by atoms with E-state index in [1.807, 2.05) is 5.32 Å². The molecular weight excluding hydrogens is 292 g/mol. The van der Waals surface area contributed by atoms with Gasteiger partial charge >= 0.3 is 0 Å². The number of aliphatic hydroxyl groups is 1. The molecule has 0 spiro atoms. The smallest absolute Gasteiger partial charge is 0.287 e. The third kappa shape index (κ3) is 4.94. The average molecular weight is 308 g/mol. The Labute approximate surface area is 120 Å². The van der Waals surface area contributed by atoms with Gasteiger partial charge in [-0.05, 0) is 37.6 Å². The van der Waals surface area contributed by atoms with Crippen LogP contribution in [0.25, 0.3) is 0 Å². The molecule has 0 aliphatic rings. The van der Waals surface area contributed by atoms with E-state index >= 15 is 0 Å². The lowest BCUT2D eigenvalue weighted by Gasteiger charge is -2.18. The largest absolute Gasteiger partial charge is 0.481 e. The minimum atomic E-state index is -3.34. The molecule has 0 fully saturated rings. The summed E-state index contributed by atoms with van der Waals surface area (Å²) in [5, 5.41) is 11.0. The highest BCUT2D eigenvalue weighted by molar-refractivity contribution is 6.30. The molecule has 1 unspecified atom stereocenters. The Morgan fingerprint density at radius 3 is 2.75 bits per heavy atom. The van der Waals surface area contributed by atoms with Crippen LogP contribution in [0.2, 0.25) is 5.02 Å². The summed E-state index contributed by atoms with van der Waals surface area (Å²) in [5.41, 5.74) is 0.734. The molecule has 1 aromatic rings. The number of carbonyl (C=O) groups excluding carboxylic acids is 1. The third-order valence-corrected chi connectivity index (χ3v) is 2.80. The van der Waals surface area contributed by atoms with Gasteiger partial charge in [-0.2, -0.15) is 0 Å². The lowest BCUT2D eigenvalue weighted by molar-refractivity contribution is -0.130. The van der Waals surface area contributed by atoms with Gasteiger partial charge in [-0.1, -0.05) is 11.6 Å². The fraction of sp³-hybridized carbons (Fsp3) is 0.462. The van der Waals surface area contributed by atoms with Crippen LogP contribution in [0.1, 0.15) is 12.5 Å². The highest BCUT2D eigenvalue weighted by atomic mass is 35.5.